The van der Waals surface area contributed by atoms with Crippen LogP contribution in [0.1, 0.15) is 11.3 Å². The van der Waals surface area contributed by atoms with Gasteiger partial charge in [-0.15, -0.1) is 5.10 Å². The fourth-order valence-electron chi connectivity index (χ4n) is 1.56. The molecule has 0 amide bonds. The smallest absolute Gasteiger partial charge is 0.0964 e. The van der Waals surface area contributed by atoms with E-state index in [2.05, 4.69) is 27.8 Å². The average molecular weight is 232 g/mol. The second-order valence-corrected chi connectivity index (χ2v) is 3.79. The summed E-state index contributed by atoms with van der Waals surface area (Å²) in [5.41, 5.74) is 2.13. The standard InChI is InChI=1S/C12H16N4O/c17-7-6-16-10-12(14-15-16)9-13-8-11-4-2-1-3-5-11/h1-5,10,13,17H,6-9H2. The SMILES string of the molecule is OCCn1cc(CNCc2ccccc2)nn1. The maximum atomic E-state index is 8.75. The van der Waals surface area contributed by atoms with Crippen LogP contribution in [0.2, 0.25) is 0 Å². The van der Waals surface area contributed by atoms with Gasteiger partial charge in [0, 0.05) is 19.3 Å². The van der Waals surface area contributed by atoms with Gasteiger partial charge in [0.1, 0.15) is 0 Å². The molecule has 5 nitrogen and oxygen atoms in total. The molecule has 0 saturated heterocycles. The maximum absolute atomic E-state index is 8.75. The molecule has 0 unspecified atom stereocenters. The lowest BCUT2D eigenvalue weighted by Crippen LogP contribution is -2.12. The zero-order valence-corrected chi connectivity index (χ0v) is 9.58. The number of hydrogen-bond donors (Lipinski definition) is 2. The summed E-state index contributed by atoms with van der Waals surface area (Å²) < 4.78 is 1.64. The molecule has 0 aliphatic rings. The minimum Gasteiger partial charge on any atom is -0.394 e. The monoisotopic (exact) mass is 232 g/mol. The van der Waals surface area contributed by atoms with Gasteiger partial charge in [-0.1, -0.05) is 35.5 Å². The molecule has 0 fully saturated rings. The number of aliphatic hydroxyl groups is 1. The van der Waals surface area contributed by atoms with E-state index in [4.69, 9.17) is 5.11 Å². The molecule has 17 heavy (non-hydrogen) atoms. The molecular weight excluding hydrogens is 216 g/mol. The first-order chi connectivity index (χ1) is 8.38. The Labute approximate surface area is 100 Å². The van der Waals surface area contributed by atoms with Gasteiger partial charge in [-0.05, 0) is 5.56 Å². The highest BCUT2D eigenvalue weighted by atomic mass is 16.3. The summed E-state index contributed by atoms with van der Waals surface area (Å²) in [6.07, 6.45) is 1.84. The molecule has 5 heteroatoms. The van der Waals surface area contributed by atoms with Crippen molar-refractivity contribution in [2.24, 2.45) is 0 Å². The van der Waals surface area contributed by atoms with Gasteiger partial charge in [0.2, 0.25) is 0 Å². The number of nitrogens with zero attached hydrogens (tertiary/aromatic N) is 3. The van der Waals surface area contributed by atoms with E-state index >= 15 is 0 Å². The molecule has 2 N–H and O–H groups in total. The largest absolute Gasteiger partial charge is 0.394 e. The van der Waals surface area contributed by atoms with Crippen LogP contribution in [0.15, 0.2) is 36.5 Å². The molecule has 0 bridgehead atoms. The second kappa shape index (κ2) is 6.12. The van der Waals surface area contributed by atoms with Crippen LogP contribution in [0.3, 0.4) is 0 Å². The summed E-state index contributed by atoms with van der Waals surface area (Å²) in [5, 5.41) is 19.9. The molecule has 0 spiro atoms. The average Bonchev–Trinajstić information content (AvgIpc) is 2.79. The molecule has 0 aliphatic carbocycles. The number of rotatable bonds is 6. The summed E-state index contributed by atoms with van der Waals surface area (Å²) >= 11 is 0. The van der Waals surface area contributed by atoms with Crippen molar-refractivity contribution in [1.82, 2.24) is 20.3 Å². The van der Waals surface area contributed by atoms with Crippen molar-refractivity contribution >= 4 is 0 Å². The van der Waals surface area contributed by atoms with Crippen LogP contribution in [-0.2, 0) is 19.6 Å². The summed E-state index contributed by atoms with van der Waals surface area (Å²) in [6, 6.07) is 10.2. The summed E-state index contributed by atoms with van der Waals surface area (Å²) in [5.74, 6) is 0. The molecule has 0 atom stereocenters. The first-order valence-corrected chi connectivity index (χ1v) is 5.63. The first kappa shape index (κ1) is 11.8. The van der Waals surface area contributed by atoms with Crippen molar-refractivity contribution in [2.75, 3.05) is 6.61 Å². The van der Waals surface area contributed by atoms with Gasteiger partial charge in [-0.25, -0.2) is 4.68 Å². The van der Waals surface area contributed by atoms with Crippen LogP contribution < -0.4 is 5.32 Å². The molecule has 0 radical (unpaired) electrons. The Morgan fingerprint density at radius 2 is 2.00 bits per heavy atom. The van der Waals surface area contributed by atoms with Gasteiger partial charge in [0.25, 0.3) is 0 Å². The Kier molecular flexibility index (Phi) is 4.23. The van der Waals surface area contributed by atoms with Gasteiger partial charge in [0.05, 0.1) is 18.8 Å². The number of nitrogens with one attached hydrogen (secondary N) is 1. The summed E-state index contributed by atoms with van der Waals surface area (Å²) in [4.78, 5) is 0. The van der Waals surface area contributed by atoms with Crippen molar-refractivity contribution in [3.05, 3.63) is 47.8 Å². The molecule has 1 aromatic carbocycles. The van der Waals surface area contributed by atoms with E-state index in [1.54, 1.807) is 4.68 Å². The lowest BCUT2D eigenvalue weighted by molar-refractivity contribution is 0.268. The number of aliphatic hydroxyl groups excluding tert-OH is 1. The fourth-order valence-corrected chi connectivity index (χ4v) is 1.56. The molecule has 2 aromatic rings. The maximum Gasteiger partial charge on any atom is 0.0964 e. The third-order valence-electron chi connectivity index (χ3n) is 2.39. The second-order valence-electron chi connectivity index (χ2n) is 3.79. The van der Waals surface area contributed by atoms with Crippen molar-refractivity contribution in [1.29, 1.82) is 0 Å². The minimum atomic E-state index is 0.0836. The van der Waals surface area contributed by atoms with Crippen LogP contribution in [0.4, 0.5) is 0 Å². The number of hydrogen-bond acceptors (Lipinski definition) is 4. The van der Waals surface area contributed by atoms with Crippen molar-refractivity contribution in [3.8, 4) is 0 Å². The normalized spacial score (nSPS) is 10.6. The van der Waals surface area contributed by atoms with Gasteiger partial charge in [-0.3, -0.25) is 0 Å². The Bertz CT molecular complexity index is 441. The van der Waals surface area contributed by atoms with E-state index in [1.807, 2.05) is 24.4 Å². The van der Waals surface area contributed by atoms with E-state index in [0.717, 1.165) is 12.2 Å². The number of benzene rings is 1. The van der Waals surface area contributed by atoms with Gasteiger partial charge < -0.3 is 10.4 Å². The topological polar surface area (TPSA) is 63.0 Å². The fraction of sp³-hybridized carbons (Fsp3) is 0.333. The van der Waals surface area contributed by atoms with Crippen molar-refractivity contribution in [3.63, 3.8) is 0 Å². The van der Waals surface area contributed by atoms with E-state index in [-0.39, 0.29) is 6.61 Å². The third-order valence-corrected chi connectivity index (χ3v) is 2.39. The zero-order chi connectivity index (χ0) is 11.9. The molecular formula is C12H16N4O. The van der Waals surface area contributed by atoms with Crippen molar-refractivity contribution < 1.29 is 5.11 Å². The Balaban J connectivity index is 1.78. The third kappa shape index (κ3) is 3.65. The van der Waals surface area contributed by atoms with Crippen LogP contribution in [0.25, 0.3) is 0 Å². The summed E-state index contributed by atoms with van der Waals surface area (Å²) in [7, 11) is 0. The molecule has 90 valence electrons. The summed E-state index contributed by atoms with van der Waals surface area (Å²) in [6.45, 7) is 2.07. The van der Waals surface area contributed by atoms with Gasteiger partial charge in [-0.2, -0.15) is 0 Å². The van der Waals surface area contributed by atoms with E-state index < -0.39 is 0 Å². The van der Waals surface area contributed by atoms with Gasteiger partial charge >= 0.3 is 0 Å². The lowest BCUT2D eigenvalue weighted by Gasteiger charge is -2.01. The molecule has 2 rings (SSSR count). The highest BCUT2D eigenvalue weighted by molar-refractivity contribution is 5.14. The van der Waals surface area contributed by atoms with Crippen LogP contribution in [-0.4, -0.2) is 26.7 Å². The first-order valence-electron chi connectivity index (χ1n) is 5.63. The molecule has 1 aromatic heterocycles. The molecule has 0 saturated carbocycles. The Morgan fingerprint density at radius 1 is 1.18 bits per heavy atom. The number of aromatic nitrogens is 3. The minimum absolute atomic E-state index is 0.0836. The quantitative estimate of drug-likeness (QED) is 0.764. The van der Waals surface area contributed by atoms with Crippen LogP contribution >= 0.6 is 0 Å². The lowest BCUT2D eigenvalue weighted by atomic mass is 10.2. The van der Waals surface area contributed by atoms with E-state index in [0.29, 0.717) is 13.1 Å². The van der Waals surface area contributed by atoms with Gasteiger partial charge in [0.15, 0.2) is 0 Å². The Hall–Kier alpha value is -1.72. The highest BCUT2D eigenvalue weighted by Crippen LogP contribution is 1.98. The van der Waals surface area contributed by atoms with E-state index in [9.17, 15) is 0 Å². The predicted octanol–water partition coefficient (Wildman–Crippen LogP) is 0.560. The molecule has 0 aliphatic heterocycles. The predicted molar refractivity (Wildman–Crippen MR) is 64.1 cm³/mol. The van der Waals surface area contributed by atoms with Crippen LogP contribution in [0, 0.1) is 0 Å². The van der Waals surface area contributed by atoms with Crippen molar-refractivity contribution in [2.45, 2.75) is 19.6 Å². The Morgan fingerprint density at radius 3 is 2.76 bits per heavy atom. The molecule has 1 heterocycles. The van der Waals surface area contributed by atoms with Crippen LogP contribution in [0.5, 0.6) is 0 Å². The highest BCUT2D eigenvalue weighted by Gasteiger charge is 1.99. The zero-order valence-electron chi connectivity index (χ0n) is 9.58. The van der Waals surface area contributed by atoms with E-state index in [1.165, 1.54) is 5.56 Å².